The van der Waals surface area contributed by atoms with Crippen LogP contribution in [0.4, 0.5) is 10.1 Å². The van der Waals surface area contributed by atoms with E-state index in [1.54, 1.807) is 0 Å². The fourth-order valence-electron chi connectivity index (χ4n) is 2.35. The second-order valence-electron chi connectivity index (χ2n) is 4.84. The Morgan fingerprint density at radius 2 is 2.05 bits per heavy atom. The molecule has 1 aliphatic carbocycles. The summed E-state index contributed by atoms with van der Waals surface area (Å²) >= 11 is 0. The van der Waals surface area contributed by atoms with Crippen LogP contribution in [0, 0.1) is 22.9 Å². The van der Waals surface area contributed by atoms with E-state index < -0.39 is 16.6 Å². The molecule has 0 aromatic heterocycles. The van der Waals surface area contributed by atoms with E-state index in [-0.39, 0.29) is 22.9 Å². The molecule has 0 bridgehead atoms. The molecule has 102 valence electrons. The van der Waals surface area contributed by atoms with E-state index in [2.05, 4.69) is 5.32 Å². The molecule has 6 heteroatoms. The van der Waals surface area contributed by atoms with Crippen LogP contribution >= 0.6 is 0 Å². The molecule has 0 spiro atoms. The summed E-state index contributed by atoms with van der Waals surface area (Å²) in [6, 6.07) is 2.17. The average molecular weight is 266 g/mol. The van der Waals surface area contributed by atoms with E-state index in [1.165, 1.54) is 6.92 Å². The van der Waals surface area contributed by atoms with Crippen LogP contribution < -0.4 is 5.32 Å². The highest BCUT2D eigenvalue weighted by molar-refractivity contribution is 5.95. The van der Waals surface area contributed by atoms with Crippen molar-refractivity contribution in [3.05, 3.63) is 39.2 Å². The number of hydrogen-bond donors (Lipinski definition) is 1. The number of aryl methyl sites for hydroxylation is 1. The lowest BCUT2D eigenvalue weighted by molar-refractivity contribution is -0.385. The summed E-state index contributed by atoms with van der Waals surface area (Å²) in [6.07, 6.45) is 3.84. The highest BCUT2D eigenvalue weighted by atomic mass is 19.1. The number of rotatable bonds is 3. The summed E-state index contributed by atoms with van der Waals surface area (Å²) < 4.78 is 13.9. The molecule has 1 aliphatic rings. The molecule has 1 aromatic rings. The lowest BCUT2D eigenvalue weighted by Gasteiger charge is -2.12. The Hall–Kier alpha value is -1.98. The lowest BCUT2D eigenvalue weighted by atomic mass is 10.1. The van der Waals surface area contributed by atoms with Crippen LogP contribution in [0.15, 0.2) is 12.1 Å². The van der Waals surface area contributed by atoms with Gasteiger partial charge in [0.05, 0.1) is 10.5 Å². The number of halogens is 1. The predicted octanol–water partition coefficient (Wildman–Crippen LogP) is 2.71. The van der Waals surface area contributed by atoms with Gasteiger partial charge in [0.2, 0.25) is 0 Å². The zero-order valence-electron chi connectivity index (χ0n) is 10.6. The molecule has 1 aromatic carbocycles. The SMILES string of the molecule is Cc1cc([N+](=O)[O-])cc(C(=O)NC2CCCC2)c1F. The van der Waals surface area contributed by atoms with Crippen LogP contribution in [0.5, 0.6) is 0 Å². The van der Waals surface area contributed by atoms with Crippen molar-refractivity contribution in [3.8, 4) is 0 Å². The summed E-state index contributed by atoms with van der Waals surface area (Å²) in [5.74, 6) is -1.27. The molecule has 1 N–H and O–H groups in total. The highest BCUT2D eigenvalue weighted by Crippen LogP contribution is 2.22. The van der Waals surface area contributed by atoms with Crippen molar-refractivity contribution >= 4 is 11.6 Å². The van der Waals surface area contributed by atoms with E-state index in [1.807, 2.05) is 0 Å². The second-order valence-corrected chi connectivity index (χ2v) is 4.84. The number of hydrogen-bond acceptors (Lipinski definition) is 3. The minimum absolute atomic E-state index is 0.0477. The molecule has 5 nitrogen and oxygen atoms in total. The van der Waals surface area contributed by atoms with E-state index >= 15 is 0 Å². The molecule has 0 aliphatic heterocycles. The molecular weight excluding hydrogens is 251 g/mol. The monoisotopic (exact) mass is 266 g/mol. The van der Waals surface area contributed by atoms with Gasteiger partial charge in [0.25, 0.3) is 11.6 Å². The van der Waals surface area contributed by atoms with Crippen LogP contribution in [0.25, 0.3) is 0 Å². The molecule has 1 amide bonds. The quantitative estimate of drug-likeness (QED) is 0.675. The smallest absolute Gasteiger partial charge is 0.270 e. The fraction of sp³-hybridized carbons (Fsp3) is 0.462. The third-order valence-electron chi connectivity index (χ3n) is 3.39. The van der Waals surface area contributed by atoms with Gasteiger partial charge in [-0.2, -0.15) is 0 Å². The first kappa shape index (κ1) is 13.5. The largest absolute Gasteiger partial charge is 0.349 e. The van der Waals surface area contributed by atoms with Crippen molar-refractivity contribution in [2.24, 2.45) is 0 Å². The number of amides is 1. The van der Waals surface area contributed by atoms with Gasteiger partial charge in [0, 0.05) is 18.2 Å². The maximum absolute atomic E-state index is 13.9. The van der Waals surface area contributed by atoms with Gasteiger partial charge >= 0.3 is 0 Å². The molecule has 0 radical (unpaired) electrons. The number of non-ortho nitro benzene ring substituents is 1. The Morgan fingerprint density at radius 3 is 2.63 bits per heavy atom. The van der Waals surface area contributed by atoms with Crippen molar-refractivity contribution in [1.29, 1.82) is 0 Å². The Kier molecular flexibility index (Phi) is 3.78. The number of nitro benzene ring substituents is 1. The molecule has 0 saturated heterocycles. The highest BCUT2D eigenvalue weighted by Gasteiger charge is 2.23. The summed E-state index contributed by atoms with van der Waals surface area (Å²) in [5, 5.41) is 13.5. The van der Waals surface area contributed by atoms with Crippen molar-refractivity contribution < 1.29 is 14.1 Å². The number of benzene rings is 1. The molecule has 0 heterocycles. The van der Waals surface area contributed by atoms with E-state index in [9.17, 15) is 19.3 Å². The van der Waals surface area contributed by atoms with E-state index in [4.69, 9.17) is 0 Å². The van der Waals surface area contributed by atoms with E-state index in [0.717, 1.165) is 37.8 Å². The van der Waals surface area contributed by atoms with Gasteiger partial charge in [-0.25, -0.2) is 4.39 Å². The lowest BCUT2D eigenvalue weighted by Crippen LogP contribution is -2.33. The second kappa shape index (κ2) is 5.34. The molecule has 19 heavy (non-hydrogen) atoms. The van der Waals surface area contributed by atoms with Gasteiger partial charge < -0.3 is 5.32 Å². The molecule has 0 atom stereocenters. The minimum atomic E-state index is -0.693. The molecule has 1 fully saturated rings. The standard InChI is InChI=1S/C13H15FN2O3/c1-8-6-10(16(18)19)7-11(12(8)14)13(17)15-9-4-2-3-5-9/h6-7,9H,2-5H2,1H3,(H,15,17). The maximum Gasteiger partial charge on any atom is 0.270 e. The van der Waals surface area contributed by atoms with Gasteiger partial charge in [-0.3, -0.25) is 14.9 Å². The first-order chi connectivity index (χ1) is 8.99. The topological polar surface area (TPSA) is 72.2 Å². The summed E-state index contributed by atoms with van der Waals surface area (Å²) in [6.45, 7) is 1.41. The van der Waals surface area contributed by atoms with Crippen molar-refractivity contribution in [3.63, 3.8) is 0 Å². The van der Waals surface area contributed by atoms with Crippen LogP contribution in [-0.2, 0) is 0 Å². The Balaban J connectivity index is 2.26. The van der Waals surface area contributed by atoms with Gasteiger partial charge in [-0.1, -0.05) is 12.8 Å². The van der Waals surface area contributed by atoms with Gasteiger partial charge in [-0.05, 0) is 25.3 Å². The van der Waals surface area contributed by atoms with Gasteiger partial charge in [0.1, 0.15) is 5.82 Å². The number of nitro groups is 1. The average Bonchev–Trinajstić information content (AvgIpc) is 2.84. The van der Waals surface area contributed by atoms with Crippen LogP contribution in [0.2, 0.25) is 0 Å². The molecule has 1 saturated carbocycles. The van der Waals surface area contributed by atoms with Gasteiger partial charge in [-0.15, -0.1) is 0 Å². The zero-order valence-corrected chi connectivity index (χ0v) is 10.6. The molecule has 0 unspecified atom stereocenters. The predicted molar refractivity (Wildman–Crippen MR) is 67.5 cm³/mol. The Bertz CT molecular complexity index is 525. The zero-order chi connectivity index (χ0) is 14.0. The number of nitrogens with one attached hydrogen (secondary N) is 1. The Morgan fingerprint density at radius 1 is 1.42 bits per heavy atom. The summed E-state index contributed by atoms with van der Waals surface area (Å²) in [5.41, 5.74) is -0.417. The van der Waals surface area contributed by atoms with Crippen LogP contribution in [0.3, 0.4) is 0 Å². The Labute approximate surface area is 110 Å². The van der Waals surface area contributed by atoms with Crippen LogP contribution in [0.1, 0.15) is 41.6 Å². The minimum Gasteiger partial charge on any atom is -0.349 e. The summed E-state index contributed by atoms with van der Waals surface area (Å²) in [7, 11) is 0. The first-order valence-corrected chi connectivity index (χ1v) is 6.24. The summed E-state index contributed by atoms with van der Waals surface area (Å²) in [4.78, 5) is 22.1. The molecular formula is C13H15FN2O3. The maximum atomic E-state index is 13.9. The number of nitrogens with zero attached hydrogens (tertiary/aromatic N) is 1. The van der Waals surface area contributed by atoms with Crippen molar-refractivity contribution in [2.75, 3.05) is 0 Å². The molecule has 2 rings (SSSR count). The third kappa shape index (κ3) is 2.89. The number of carbonyl (C=O) groups is 1. The van der Waals surface area contributed by atoms with Crippen molar-refractivity contribution in [2.45, 2.75) is 38.6 Å². The van der Waals surface area contributed by atoms with Gasteiger partial charge in [0.15, 0.2) is 0 Å². The van der Waals surface area contributed by atoms with E-state index in [0.29, 0.717) is 0 Å². The fourth-order valence-corrected chi connectivity index (χ4v) is 2.35. The third-order valence-corrected chi connectivity index (χ3v) is 3.39. The number of carbonyl (C=O) groups excluding carboxylic acids is 1. The normalized spacial score (nSPS) is 15.5. The first-order valence-electron chi connectivity index (χ1n) is 6.24. The van der Waals surface area contributed by atoms with Crippen LogP contribution in [-0.4, -0.2) is 16.9 Å². The van der Waals surface area contributed by atoms with Crippen molar-refractivity contribution in [1.82, 2.24) is 5.32 Å².